The Kier molecular flexibility index (Phi) is 6.32. The molecule has 2 rings (SSSR count). The SMILES string of the molecule is Cc1ccc(C)c(S(=O)(=O)NCC(=O)OCC(=O)NC(=O)NC2CC2)c1. The lowest BCUT2D eigenvalue weighted by molar-refractivity contribution is -0.147. The number of urea groups is 1. The maximum absolute atomic E-state index is 12.3. The van der Waals surface area contributed by atoms with Gasteiger partial charge in [0.2, 0.25) is 10.0 Å². The predicted molar refractivity (Wildman–Crippen MR) is 91.8 cm³/mol. The van der Waals surface area contributed by atoms with Crippen molar-refractivity contribution in [2.24, 2.45) is 0 Å². The highest BCUT2D eigenvalue weighted by Gasteiger charge is 2.24. The van der Waals surface area contributed by atoms with Crippen LogP contribution in [0, 0.1) is 13.8 Å². The van der Waals surface area contributed by atoms with Crippen molar-refractivity contribution in [2.45, 2.75) is 37.6 Å². The smallest absolute Gasteiger partial charge is 0.321 e. The van der Waals surface area contributed by atoms with Gasteiger partial charge in [0.05, 0.1) is 4.90 Å². The highest BCUT2D eigenvalue weighted by atomic mass is 32.2. The fraction of sp³-hybridized carbons (Fsp3) is 0.438. The Morgan fingerprint density at radius 1 is 1.19 bits per heavy atom. The molecule has 0 heterocycles. The summed E-state index contributed by atoms with van der Waals surface area (Å²) in [5.41, 5.74) is 1.30. The van der Waals surface area contributed by atoms with Crippen LogP contribution in [0.4, 0.5) is 4.79 Å². The van der Waals surface area contributed by atoms with Gasteiger partial charge < -0.3 is 10.1 Å². The highest BCUT2D eigenvalue weighted by Crippen LogP contribution is 2.18. The number of benzene rings is 1. The van der Waals surface area contributed by atoms with Crippen molar-refractivity contribution >= 4 is 27.9 Å². The molecule has 3 N–H and O–H groups in total. The topological polar surface area (TPSA) is 131 Å². The Hall–Kier alpha value is -2.46. The lowest BCUT2D eigenvalue weighted by atomic mass is 10.2. The normalized spacial score (nSPS) is 13.8. The molecule has 1 aliphatic rings. The molecule has 1 aromatic rings. The van der Waals surface area contributed by atoms with Gasteiger partial charge in [0.25, 0.3) is 5.91 Å². The zero-order valence-corrected chi connectivity index (χ0v) is 15.3. The van der Waals surface area contributed by atoms with E-state index in [0.717, 1.165) is 18.4 Å². The molecule has 0 bridgehead atoms. The molecular weight excluding hydrogens is 362 g/mol. The van der Waals surface area contributed by atoms with Gasteiger partial charge >= 0.3 is 12.0 Å². The molecule has 1 saturated carbocycles. The number of carbonyl (C=O) groups is 3. The standard InChI is InChI=1S/C16H21N3O6S/c1-10-3-4-11(2)13(7-10)26(23,24)17-8-15(21)25-9-14(20)19-16(22)18-12-5-6-12/h3-4,7,12,17H,5-6,8-9H2,1-2H3,(H2,18,19,20,22). The second kappa shape index (κ2) is 8.28. The van der Waals surface area contributed by atoms with E-state index in [-0.39, 0.29) is 10.9 Å². The number of sulfonamides is 1. The minimum absolute atomic E-state index is 0.0693. The minimum Gasteiger partial charge on any atom is -0.455 e. The zero-order chi connectivity index (χ0) is 19.3. The third-order valence-corrected chi connectivity index (χ3v) is 5.11. The number of aryl methyl sites for hydroxylation is 2. The van der Waals surface area contributed by atoms with Crippen molar-refractivity contribution in [1.82, 2.24) is 15.4 Å². The average Bonchev–Trinajstić information content (AvgIpc) is 3.37. The maximum atomic E-state index is 12.3. The van der Waals surface area contributed by atoms with Crippen molar-refractivity contribution in [2.75, 3.05) is 13.2 Å². The molecule has 142 valence electrons. The molecule has 0 aromatic heterocycles. The minimum atomic E-state index is -3.89. The van der Waals surface area contributed by atoms with Crippen molar-refractivity contribution in [3.63, 3.8) is 0 Å². The Labute approximate surface area is 151 Å². The molecule has 3 amide bonds. The van der Waals surface area contributed by atoms with Gasteiger partial charge in [-0.15, -0.1) is 0 Å². The van der Waals surface area contributed by atoms with Crippen LogP contribution in [0.3, 0.4) is 0 Å². The fourth-order valence-corrected chi connectivity index (χ4v) is 3.33. The molecule has 0 atom stereocenters. The van der Waals surface area contributed by atoms with E-state index >= 15 is 0 Å². The Morgan fingerprint density at radius 2 is 1.88 bits per heavy atom. The third-order valence-electron chi connectivity index (χ3n) is 3.57. The molecule has 1 aromatic carbocycles. The molecule has 9 nitrogen and oxygen atoms in total. The first-order valence-electron chi connectivity index (χ1n) is 8.00. The lowest BCUT2D eigenvalue weighted by Crippen LogP contribution is -2.42. The van der Waals surface area contributed by atoms with E-state index in [1.54, 1.807) is 26.0 Å². The summed E-state index contributed by atoms with van der Waals surface area (Å²) in [6, 6.07) is 4.38. The Balaban J connectivity index is 1.77. The Bertz CT molecular complexity index is 817. The van der Waals surface area contributed by atoms with Gasteiger partial charge in [-0.25, -0.2) is 13.2 Å². The summed E-state index contributed by atoms with van der Waals surface area (Å²) in [5, 5.41) is 4.56. The van der Waals surface area contributed by atoms with Crippen LogP contribution < -0.4 is 15.4 Å². The molecule has 1 aliphatic carbocycles. The van der Waals surface area contributed by atoms with E-state index in [1.165, 1.54) is 6.07 Å². The maximum Gasteiger partial charge on any atom is 0.321 e. The summed E-state index contributed by atoms with van der Waals surface area (Å²) in [6.45, 7) is 2.09. The summed E-state index contributed by atoms with van der Waals surface area (Å²) >= 11 is 0. The molecule has 0 spiro atoms. The molecular formula is C16H21N3O6S. The van der Waals surface area contributed by atoms with Crippen LogP contribution in [0.15, 0.2) is 23.1 Å². The van der Waals surface area contributed by atoms with Crippen molar-refractivity contribution in [1.29, 1.82) is 0 Å². The van der Waals surface area contributed by atoms with E-state index in [0.29, 0.717) is 5.56 Å². The molecule has 0 radical (unpaired) electrons. The summed E-state index contributed by atoms with van der Waals surface area (Å²) in [7, 11) is -3.89. The van der Waals surface area contributed by atoms with Crippen LogP contribution in [0.2, 0.25) is 0 Å². The molecule has 0 aliphatic heterocycles. The molecule has 1 fully saturated rings. The summed E-state index contributed by atoms with van der Waals surface area (Å²) in [6.07, 6.45) is 1.74. The molecule has 0 saturated heterocycles. The second-order valence-corrected chi connectivity index (χ2v) is 7.79. The van der Waals surface area contributed by atoms with E-state index < -0.39 is 41.1 Å². The van der Waals surface area contributed by atoms with Gasteiger partial charge in [-0.1, -0.05) is 12.1 Å². The van der Waals surface area contributed by atoms with Crippen LogP contribution in [0.1, 0.15) is 24.0 Å². The van der Waals surface area contributed by atoms with Gasteiger partial charge in [0.1, 0.15) is 6.54 Å². The second-order valence-electron chi connectivity index (χ2n) is 6.05. The number of rotatable bonds is 7. The number of nitrogens with one attached hydrogen (secondary N) is 3. The van der Waals surface area contributed by atoms with Gasteiger partial charge in [0.15, 0.2) is 6.61 Å². The number of hydrogen-bond acceptors (Lipinski definition) is 6. The number of carbonyl (C=O) groups excluding carboxylic acids is 3. The van der Waals surface area contributed by atoms with E-state index in [1.807, 2.05) is 5.32 Å². The van der Waals surface area contributed by atoms with Crippen LogP contribution in [-0.4, -0.2) is 45.5 Å². The van der Waals surface area contributed by atoms with Crippen LogP contribution in [0.25, 0.3) is 0 Å². The number of ether oxygens (including phenoxy) is 1. The van der Waals surface area contributed by atoms with Crippen LogP contribution in [0.5, 0.6) is 0 Å². The van der Waals surface area contributed by atoms with Crippen LogP contribution in [-0.2, 0) is 24.3 Å². The molecule has 10 heteroatoms. The van der Waals surface area contributed by atoms with Gasteiger partial charge in [0, 0.05) is 6.04 Å². The fourth-order valence-electron chi connectivity index (χ4n) is 2.04. The summed E-state index contributed by atoms with van der Waals surface area (Å²) in [5.74, 6) is -1.73. The number of imide groups is 1. The van der Waals surface area contributed by atoms with Crippen molar-refractivity contribution in [3.8, 4) is 0 Å². The summed E-state index contributed by atoms with van der Waals surface area (Å²) in [4.78, 5) is 34.5. The lowest BCUT2D eigenvalue weighted by Gasteiger charge is -2.10. The average molecular weight is 383 g/mol. The zero-order valence-electron chi connectivity index (χ0n) is 14.5. The van der Waals surface area contributed by atoms with Crippen molar-refractivity contribution in [3.05, 3.63) is 29.3 Å². The third kappa shape index (κ3) is 6.12. The first-order valence-corrected chi connectivity index (χ1v) is 9.48. The quantitative estimate of drug-likeness (QED) is 0.573. The van der Waals surface area contributed by atoms with Gasteiger partial charge in [-0.3, -0.25) is 14.9 Å². The monoisotopic (exact) mass is 383 g/mol. The summed E-state index contributed by atoms with van der Waals surface area (Å²) < 4.78 is 31.3. The largest absolute Gasteiger partial charge is 0.455 e. The number of amides is 3. The van der Waals surface area contributed by atoms with Crippen molar-refractivity contribution < 1.29 is 27.5 Å². The number of hydrogen-bond donors (Lipinski definition) is 3. The van der Waals surface area contributed by atoms with Crippen LogP contribution >= 0.6 is 0 Å². The van der Waals surface area contributed by atoms with E-state index in [2.05, 4.69) is 14.8 Å². The Morgan fingerprint density at radius 3 is 2.54 bits per heavy atom. The molecule has 26 heavy (non-hydrogen) atoms. The van der Waals surface area contributed by atoms with E-state index in [4.69, 9.17) is 0 Å². The van der Waals surface area contributed by atoms with Gasteiger partial charge in [-0.05, 0) is 43.9 Å². The van der Waals surface area contributed by atoms with Gasteiger partial charge in [-0.2, -0.15) is 4.72 Å². The van der Waals surface area contributed by atoms with E-state index in [9.17, 15) is 22.8 Å². The number of esters is 1. The first-order chi connectivity index (χ1) is 12.2. The molecule has 0 unspecified atom stereocenters. The predicted octanol–water partition coefficient (Wildman–Crippen LogP) is 0.113. The first kappa shape index (κ1) is 19.9. The highest BCUT2D eigenvalue weighted by molar-refractivity contribution is 7.89.